The number of nitrogens with one attached hydrogen (secondary N) is 1. The predicted octanol–water partition coefficient (Wildman–Crippen LogP) is 3.43. The zero-order chi connectivity index (χ0) is 17.5. The number of carbonyl (C=O) groups excluding carboxylic acids is 1. The molecule has 0 saturated carbocycles. The summed E-state index contributed by atoms with van der Waals surface area (Å²) in [6, 6.07) is 5.52. The molecule has 1 amide bonds. The Morgan fingerprint density at radius 2 is 2.42 bits per heavy atom. The van der Waals surface area contributed by atoms with E-state index in [0.717, 1.165) is 29.4 Å². The molecule has 2 atom stereocenters. The lowest BCUT2D eigenvalue weighted by Crippen LogP contribution is -2.49. The molecule has 0 aromatic heterocycles. The third-order valence-corrected chi connectivity index (χ3v) is 5.29. The summed E-state index contributed by atoms with van der Waals surface area (Å²) in [6.45, 7) is 5.52. The fourth-order valence-corrected chi connectivity index (χ4v) is 3.62. The second-order valence-electron chi connectivity index (χ2n) is 5.93. The van der Waals surface area contributed by atoms with E-state index in [1.54, 1.807) is 6.08 Å². The molecule has 1 aliphatic heterocycles. The maximum absolute atomic E-state index is 13.0. The summed E-state index contributed by atoms with van der Waals surface area (Å²) >= 11 is 9.62. The second kappa shape index (κ2) is 9.56. The Morgan fingerprint density at radius 3 is 3.12 bits per heavy atom. The van der Waals surface area contributed by atoms with E-state index in [9.17, 15) is 4.79 Å². The molecular weight excluding hydrogens is 392 g/mol. The lowest BCUT2D eigenvalue weighted by atomic mass is 10.0. The minimum absolute atomic E-state index is 0.120. The maximum Gasteiger partial charge on any atom is 0.240 e. The molecule has 0 aliphatic carbocycles. The summed E-state index contributed by atoms with van der Waals surface area (Å²) in [4.78, 5) is 14.9. The summed E-state index contributed by atoms with van der Waals surface area (Å²) in [6.07, 6.45) is 4.33. The standard InChI is InChI=1S/C18H24BrClN2O2/c1-3-9-24-12-15-5-4-8-22(15)18(23)17(21-2)11-13-10-14(20)6-7-16(13)19/h3,6-7,10,15,17,21H,1,4-5,8-9,11-12H2,2H3/t15-,17+/m1/s1. The van der Waals surface area contributed by atoms with Crippen LogP contribution >= 0.6 is 27.5 Å². The van der Waals surface area contributed by atoms with Crippen LogP contribution in [0.4, 0.5) is 0 Å². The van der Waals surface area contributed by atoms with Crippen molar-refractivity contribution in [2.75, 3.05) is 26.8 Å². The van der Waals surface area contributed by atoms with E-state index < -0.39 is 0 Å². The molecule has 1 aromatic rings. The van der Waals surface area contributed by atoms with Crippen molar-refractivity contribution in [1.29, 1.82) is 0 Å². The fourth-order valence-electron chi connectivity index (χ4n) is 3.02. The van der Waals surface area contributed by atoms with Crippen molar-refractivity contribution in [1.82, 2.24) is 10.2 Å². The summed E-state index contributed by atoms with van der Waals surface area (Å²) in [7, 11) is 1.82. The molecule has 0 bridgehead atoms. The van der Waals surface area contributed by atoms with Gasteiger partial charge in [0, 0.05) is 16.0 Å². The highest BCUT2D eigenvalue weighted by atomic mass is 79.9. The van der Waals surface area contributed by atoms with E-state index in [0.29, 0.717) is 24.7 Å². The molecule has 1 saturated heterocycles. The minimum Gasteiger partial charge on any atom is -0.375 e. The Balaban J connectivity index is 2.04. The van der Waals surface area contributed by atoms with Gasteiger partial charge in [0.05, 0.1) is 25.3 Å². The van der Waals surface area contributed by atoms with Gasteiger partial charge in [-0.25, -0.2) is 0 Å². The van der Waals surface area contributed by atoms with Crippen LogP contribution in [0.5, 0.6) is 0 Å². The molecule has 1 fully saturated rings. The Labute approximate surface area is 157 Å². The van der Waals surface area contributed by atoms with Gasteiger partial charge in [-0.15, -0.1) is 6.58 Å². The van der Waals surface area contributed by atoms with Crippen molar-refractivity contribution >= 4 is 33.4 Å². The Bertz CT molecular complexity index is 582. The number of amides is 1. The molecule has 4 nitrogen and oxygen atoms in total. The molecule has 132 valence electrons. The first kappa shape index (κ1) is 19.4. The van der Waals surface area contributed by atoms with Crippen LogP contribution in [0.15, 0.2) is 35.3 Å². The average molecular weight is 416 g/mol. The number of carbonyl (C=O) groups is 1. The van der Waals surface area contributed by atoms with Crippen LogP contribution in [0.1, 0.15) is 18.4 Å². The molecule has 0 spiro atoms. The van der Waals surface area contributed by atoms with Crippen LogP contribution in [0.2, 0.25) is 5.02 Å². The van der Waals surface area contributed by atoms with Gasteiger partial charge >= 0.3 is 0 Å². The number of halogens is 2. The number of likely N-dealkylation sites (tertiary alicyclic amines) is 1. The third-order valence-electron chi connectivity index (χ3n) is 4.28. The molecule has 24 heavy (non-hydrogen) atoms. The van der Waals surface area contributed by atoms with Crippen LogP contribution in [-0.2, 0) is 16.0 Å². The number of hydrogen-bond acceptors (Lipinski definition) is 3. The zero-order valence-corrected chi connectivity index (χ0v) is 16.3. The zero-order valence-electron chi connectivity index (χ0n) is 13.9. The molecule has 1 aliphatic rings. The van der Waals surface area contributed by atoms with Crippen molar-refractivity contribution in [3.63, 3.8) is 0 Å². The Kier molecular flexibility index (Phi) is 7.75. The van der Waals surface area contributed by atoms with Gasteiger partial charge in [-0.2, -0.15) is 0 Å². The van der Waals surface area contributed by atoms with E-state index in [1.807, 2.05) is 30.1 Å². The number of hydrogen-bond donors (Lipinski definition) is 1. The monoisotopic (exact) mass is 414 g/mol. The minimum atomic E-state index is -0.278. The summed E-state index contributed by atoms with van der Waals surface area (Å²) in [5.74, 6) is 0.120. The van der Waals surface area contributed by atoms with Crippen molar-refractivity contribution < 1.29 is 9.53 Å². The van der Waals surface area contributed by atoms with Crippen LogP contribution in [-0.4, -0.2) is 49.7 Å². The van der Waals surface area contributed by atoms with Gasteiger partial charge in [0.2, 0.25) is 5.91 Å². The number of benzene rings is 1. The number of likely N-dealkylation sites (N-methyl/N-ethyl adjacent to an activating group) is 1. The molecule has 1 heterocycles. The third kappa shape index (κ3) is 5.06. The molecule has 2 rings (SSSR count). The van der Waals surface area contributed by atoms with E-state index >= 15 is 0 Å². The van der Waals surface area contributed by atoms with E-state index in [-0.39, 0.29) is 18.0 Å². The fraction of sp³-hybridized carbons (Fsp3) is 0.500. The molecule has 6 heteroatoms. The SMILES string of the molecule is C=CCOC[C@H]1CCCN1C(=O)[C@H](Cc1cc(Cl)ccc1Br)NC. The second-order valence-corrected chi connectivity index (χ2v) is 7.23. The van der Waals surface area contributed by atoms with Crippen molar-refractivity contribution in [2.24, 2.45) is 0 Å². The van der Waals surface area contributed by atoms with Crippen molar-refractivity contribution in [2.45, 2.75) is 31.3 Å². The molecule has 1 aromatic carbocycles. The lowest BCUT2D eigenvalue weighted by molar-refractivity contribution is -0.135. The predicted molar refractivity (Wildman–Crippen MR) is 101 cm³/mol. The van der Waals surface area contributed by atoms with E-state index in [1.165, 1.54) is 0 Å². The largest absolute Gasteiger partial charge is 0.375 e. The van der Waals surface area contributed by atoms with Gasteiger partial charge in [-0.3, -0.25) is 4.79 Å². The summed E-state index contributed by atoms with van der Waals surface area (Å²) < 4.78 is 6.52. The van der Waals surface area contributed by atoms with E-state index in [4.69, 9.17) is 16.3 Å². The van der Waals surface area contributed by atoms with Crippen LogP contribution in [0.3, 0.4) is 0 Å². The van der Waals surface area contributed by atoms with E-state index in [2.05, 4.69) is 27.8 Å². The van der Waals surface area contributed by atoms with Crippen molar-refractivity contribution in [3.8, 4) is 0 Å². The molecular formula is C18H24BrClN2O2. The molecule has 0 radical (unpaired) electrons. The van der Waals surface area contributed by atoms with Gasteiger partial charge in [-0.1, -0.05) is 33.6 Å². The van der Waals surface area contributed by atoms with Gasteiger partial charge < -0.3 is 15.0 Å². The summed E-state index contributed by atoms with van der Waals surface area (Å²) in [5.41, 5.74) is 1.02. The lowest BCUT2D eigenvalue weighted by Gasteiger charge is -2.29. The Hall–Kier alpha value is -0.880. The van der Waals surface area contributed by atoms with Crippen LogP contribution in [0, 0.1) is 0 Å². The smallest absolute Gasteiger partial charge is 0.240 e. The molecule has 0 unspecified atom stereocenters. The van der Waals surface area contributed by atoms with Crippen LogP contribution in [0.25, 0.3) is 0 Å². The first-order chi connectivity index (χ1) is 11.6. The Morgan fingerprint density at radius 1 is 1.62 bits per heavy atom. The highest BCUT2D eigenvalue weighted by Crippen LogP contribution is 2.24. The maximum atomic E-state index is 13.0. The number of nitrogens with zero attached hydrogens (tertiary/aromatic N) is 1. The molecule has 1 N–H and O–H groups in total. The van der Waals surface area contributed by atoms with Crippen LogP contribution < -0.4 is 5.32 Å². The summed E-state index contributed by atoms with van der Waals surface area (Å²) in [5, 5.41) is 3.82. The van der Waals surface area contributed by atoms with Gasteiger partial charge in [0.1, 0.15) is 0 Å². The quantitative estimate of drug-likeness (QED) is 0.522. The average Bonchev–Trinajstić information content (AvgIpc) is 3.03. The highest BCUT2D eigenvalue weighted by Gasteiger charge is 2.32. The number of ether oxygens (including phenoxy) is 1. The highest BCUT2D eigenvalue weighted by molar-refractivity contribution is 9.10. The topological polar surface area (TPSA) is 41.6 Å². The normalized spacial score (nSPS) is 18.6. The van der Waals surface area contributed by atoms with Gasteiger partial charge in [0.25, 0.3) is 0 Å². The van der Waals surface area contributed by atoms with Gasteiger partial charge in [0.15, 0.2) is 0 Å². The van der Waals surface area contributed by atoms with Crippen molar-refractivity contribution in [3.05, 3.63) is 45.9 Å². The number of rotatable bonds is 8. The first-order valence-corrected chi connectivity index (χ1v) is 9.34. The first-order valence-electron chi connectivity index (χ1n) is 8.17. The van der Waals surface area contributed by atoms with Gasteiger partial charge in [-0.05, 0) is 50.1 Å².